The summed E-state index contributed by atoms with van der Waals surface area (Å²) in [6.07, 6.45) is 14.2. The quantitative estimate of drug-likeness (QED) is 0.0663. The molecule has 52 heavy (non-hydrogen) atoms. The summed E-state index contributed by atoms with van der Waals surface area (Å²) in [6, 6.07) is 27.3. The summed E-state index contributed by atoms with van der Waals surface area (Å²) in [5.74, 6) is -1.22. The summed E-state index contributed by atoms with van der Waals surface area (Å²) >= 11 is 0. The van der Waals surface area contributed by atoms with Crippen LogP contribution in [0.1, 0.15) is 29.5 Å². The number of hydrogen-bond acceptors (Lipinski definition) is 10. The molecule has 0 fully saturated rings. The molecule has 0 saturated carbocycles. The van der Waals surface area contributed by atoms with E-state index in [1.54, 1.807) is 18.6 Å². The smallest absolute Gasteiger partial charge is 0.434 e. The minimum Gasteiger partial charge on any atom is -0.434 e. The molecule has 0 amide bonds. The van der Waals surface area contributed by atoms with Crippen molar-refractivity contribution in [3.63, 3.8) is 0 Å². The molecular formula is C40H43N4O7P. The van der Waals surface area contributed by atoms with Gasteiger partial charge >= 0.3 is 19.7 Å². The van der Waals surface area contributed by atoms with Crippen molar-refractivity contribution in [2.75, 3.05) is 34.2 Å². The topological polar surface area (TPSA) is 103 Å². The van der Waals surface area contributed by atoms with Crippen LogP contribution in [0.3, 0.4) is 0 Å². The van der Waals surface area contributed by atoms with Gasteiger partial charge in [0.25, 0.3) is 0 Å². The lowest BCUT2D eigenvalue weighted by molar-refractivity contribution is -0.147. The molecule has 12 heteroatoms. The standard InChI is InChI=1S/C40H43N4O7P/c1-41(2)24-21-34-29-44(38-20-10-9-19-37(34)38)52(47,50-30-48-39(45)35-17-11-22-42(27-35)25-32-13-5-3-6-14-32)51-31-49-40(46)36-18-12-23-43(28-36)26-33-15-7-4-8-16-33/h3-16,19-20,22-23,27-29H,17-18,21,24-26,30-31H2,1-2H3. The molecule has 0 saturated heterocycles. The van der Waals surface area contributed by atoms with Crippen molar-refractivity contribution in [2.45, 2.75) is 32.4 Å². The number of carbonyl (C=O) groups is 2. The van der Waals surface area contributed by atoms with Crippen LogP contribution in [-0.4, -0.2) is 65.2 Å². The number of para-hydroxylation sites is 1. The fourth-order valence-electron chi connectivity index (χ4n) is 5.90. The molecule has 270 valence electrons. The number of ether oxygens (including phenoxy) is 2. The second kappa shape index (κ2) is 17.4. The van der Waals surface area contributed by atoms with Gasteiger partial charge in [0, 0.05) is 68.9 Å². The molecule has 0 N–H and O–H groups in total. The van der Waals surface area contributed by atoms with E-state index in [4.69, 9.17) is 18.5 Å². The number of aromatic nitrogens is 1. The zero-order valence-corrected chi connectivity index (χ0v) is 30.3. The van der Waals surface area contributed by atoms with Gasteiger partial charge in [0.15, 0.2) is 0 Å². The van der Waals surface area contributed by atoms with Gasteiger partial charge in [0.2, 0.25) is 13.6 Å². The highest BCUT2D eigenvalue weighted by molar-refractivity contribution is 7.52. The first-order valence-electron chi connectivity index (χ1n) is 17.1. The molecule has 4 aromatic rings. The Bertz CT molecular complexity index is 1920. The molecule has 3 heterocycles. The fourth-order valence-corrected chi connectivity index (χ4v) is 7.31. The Kier molecular flexibility index (Phi) is 12.2. The van der Waals surface area contributed by atoms with Crippen molar-refractivity contribution >= 4 is 30.6 Å². The van der Waals surface area contributed by atoms with Gasteiger partial charge in [-0.2, -0.15) is 0 Å². The average molecular weight is 723 g/mol. The van der Waals surface area contributed by atoms with Crippen LogP contribution < -0.4 is 0 Å². The number of allylic oxidation sites excluding steroid dienone is 2. The zero-order valence-electron chi connectivity index (χ0n) is 29.4. The molecule has 11 nitrogen and oxygen atoms in total. The van der Waals surface area contributed by atoms with Gasteiger partial charge < -0.3 is 24.2 Å². The molecule has 1 aromatic heterocycles. The summed E-state index contributed by atoms with van der Waals surface area (Å²) < 4.78 is 38.7. The van der Waals surface area contributed by atoms with Crippen molar-refractivity contribution in [1.29, 1.82) is 0 Å². The summed E-state index contributed by atoms with van der Waals surface area (Å²) in [5, 5.41) is 0.876. The molecule has 0 atom stereocenters. The van der Waals surface area contributed by atoms with Gasteiger partial charge in [-0.05, 0) is 43.3 Å². The average Bonchev–Trinajstić information content (AvgIpc) is 3.54. The number of rotatable bonds is 16. The van der Waals surface area contributed by atoms with Crippen LogP contribution in [0.25, 0.3) is 10.9 Å². The Balaban J connectivity index is 1.15. The number of hydrogen-bond donors (Lipinski definition) is 0. The maximum atomic E-state index is 14.7. The minimum atomic E-state index is -4.29. The first-order valence-corrected chi connectivity index (χ1v) is 18.6. The Morgan fingerprint density at radius 2 is 1.21 bits per heavy atom. The van der Waals surface area contributed by atoms with E-state index in [0.717, 1.165) is 28.6 Å². The highest BCUT2D eigenvalue weighted by Crippen LogP contribution is 2.52. The van der Waals surface area contributed by atoms with E-state index in [-0.39, 0.29) is 0 Å². The van der Waals surface area contributed by atoms with Gasteiger partial charge in [-0.1, -0.05) is 91.0 Å². The van der Waals surface area contributed by atoms with E-state index in [1.165, 1.54) is 4.34 Å². The zero-order chi connectivity index (χ0) is 36.3. The van der Waals surface area contributed by atoms with Crippen LogP contribution in [0, 0.1) is 0 Å². The summed E-state index contributed by atoms with van der Waals surface area (Å²) in [7, 11) is -0.327. The lowest BCUT2D eigenvalue weighted by Crippen LogP contribution is -2.20. The summed E-state index contributed by atoms with van der Waals surface area (Å²) in [6.45, 7) is 0.607. The molecule has 2 aliphatic heterocycles. The van der Waals surface area contributed by atoms with Gasteiger partial charge in [-0.3, -0.25) is 13.4 Å². The predicted octanol–water partition coefficient (Wildman–Crippen LogP) is 7.34. The highest BCUT2D eigenvalue weighted by Gasteiger charge is 2.32. The number of carbonyl (C=O) groups excluding carboxylic acids is 2. The van der Waals surface area contributed by atoms with E-state index in [0.29, 0.717) is 49.0 Å². The van der Waals surface area contributed by atoms with Crippen LogP contribution >= 0.6 is 7.75 Å². The number of fused-ring (bicyclic) bond motifs is 1. The first-order chi connectivity index (χ1) is 25.3. The Morgan fingerprint density at radius 3 is 1.73 bits per heavy atom. The van der Waals surface area contributed by atoms with Crippen molar-refractivity contribution < 1.29 is 32.7 Å². The molecular weight excluding hydrogens is 679 g/mol. The van der Waals surface area contributed by atoms with Crippen molar-refractivity contribution in [2.24, 2.45) is 0 Å². The lowest BCUT2D eigenvalue weighted by atomic mass is 10.1. The molecule has 6 rings (SSSR count). The van der Waals surface area contributed by atoms with Crippen LogP contribution in [0.5, 0.6) is 0 Å². The molecule has 0 aliphatic carbocycles. The molecule has 0 bridgehead atoms. The summed E-state index contributed by atoms with van der Waals surface area (Å²) in [4.78, 5) is 32.2. The van der Waals surface area contributed by atoms with Gasteiger partial charge in [0.05, 0.1) is 16.7 Å². The van der Waals surface area contributed by atoms with Crippen molar-refractivity contribution in [1.82, 2.24) is 19.0 Å². The van der Waals surface area contributed by atoms with Gasteiger partial charge in [0.1, 0.15) is 0 Å². The first kappa shape index (κ1) is 36.6. The Hall–Kier alpha value is -5.19. The van der Waals surface area contributed by atoms with Crippen LogP contribution in [0.15, 0.2) is 139 Å². The largest absolute Gasteiger partial charge is 0.445 e. The van der Waals surface area contributed by atoms with Crippen molar-refractivity contribution in [3.05, 3.63) is 156 Å². The highest BCUT2D eigenvalue weighted by atomic mass is 31.2. The third-order valence-electron chi connectivity index (χ3n) is 8.53. The van der Waals surface area contributed by atoms with Gasteiger partial charge in [-0.15, -0.1) is 0 Å². The third kappa shape index (κ3) is 9.57. The molecule has 0 spiro atoms. The third-order valence-corrected chi connectivity index (χ3v) is 10.3. The van der Waals surface area contributed by atoms with E-state index in [9.17, 15) is 14.2 Å². The predicted molar refractivity (Wildman–Crippen MR) is 199 cm³/mol. The number of nitrogens with zero attached hydrogens (tertiary/aromatic N) is 4. The molecule has 0 radical (unpaired) electrons. The Morgan fingerprint density at radius 1 is 0.712 bits per heavy atom. The second-order valence-corrected chi connectivity index (χ2v) is 14.6. The SMILES string of the molecule is CN(C)CCc1cn(P(=O)(OCOC(=O)C2=CN(Cc3ccccc3)C=CC2)OCOC(=O)C2=CN(Cc3ccccc3)C=CC2)c2ccccc12. The number of esters is 2. The van der Waals surface area contributed by atoms with Crippen molar-refractivity contribution in [3.8, 4) is 0 Å². The van der Waals surface area contributed by atoms with Gasteiger partial charge in [-0.25, -0.2) is 14.2 Å². The van der Waals surface area contributed by atoms with E-state index in [2.05, 4.69) is 4.90 Å². The number of likely N-dealkylation sites (N-methyl/N-ethyl adjacent to an activating group) is 1. The monoisotopic (exact) mass is 722 g/mol. The molecule has 2 aliphatic rings. The Labute approximate surface area is 304 Å². The van der Waals surface area contributed by atoms with E-state index >= 15 is 0 Å². The lowest BCUT2D eigenvalue weighted by Gasteiger charge is -2.23. The van der Waals surface area contributed by atoms with Crippen LogP contribution in [-0.2, 0) is 52.2 Å². The maximum Gasteiger partial charge on any atom is 0.445 e. The number of benzene rings is 3. The normalized spacial score (nSPS) is 14.4. The van der Waals surface area contributed by atoms with Crippen LogP contribution in [0.4, 0.5) is 0 Å². The fraction of sp³-hybridized carbons (Fsp3) is 0.250. The molecule has 0 unspecified atom stereocenters. The minimum absolute atomic E-state index is 0.375. The van der Waals surface area contributed by atoms with E-state index < -0.39 is 33.3 Å². The summed E-state index contributed by atoms with van der Waals surface area (Å²) in [5.41, 5.74) is 4.54. The maximum absolute atomic E-state index is 14.7. The molecule has 3 aromatic carbocycles. The second-order valence-electron chi connectivity index (χ2n) is 12.7. The van der Waals surface area contributed by atoms with Crippen LogP contribution in [0.2, 0.25) is 0 Å². The van der Waals surface area contributed by atoms with E-state index in [1.807, 2.05) is 133 Å².